The van der Waals surface area contributed by atoms with Crippen molar-refractivity contribution in [2.75, 3.05) is 10.5 Å². The summed E-state index contributed by atoms with van der Waals surface area (Å²) in [6, 6.07) is 10.7. The highest BCUT2D eigenvalue weighted by atomic mass is 35.5. The first-order chi connectivity index (χ1) is 9.42. The molecule has 20 heavy (non-hydrogen) atoms. The van der Waals surface area contributed by atoms with Crippen LogP contribution in [0.5, 0.6) is 0 Å². The van der Waals surface area contributed by atoms with Gasteiger partial charge in [-0.3, -0.25) is 4.72 Å². The molecule has 0 saturated heterocycles. The van der Waals surface area contributed by atoms with Crippen molar-refractivity contribution in [1.29, 1.82) is 0 Å². The largest absolute Gasteiger partial charge is 0.397 e. The standard InChI is InChI=1S/C14H11ClN2O2S/c1-2-10-4-3-5-11(8-10)17-20(18,19)12-6-7-13(15)14(16)9-12/h1,3-9,17H,16H2. The first-order valence-corrected chi connectivity index (χ1v) is 7.43. The third-order valence-corrected chi connectivity index (χ3v) is 4.28. The van der Waals surface area contributed by atoms with Crippen molar-refractivity contribution in [3.63, 3.8) is 0 Å². The number of hydrogen-bond acceptors (Lipinski definition) is 3. The van der Waals surface area contributed by atoms with E-state index in [1.807, 2.05) is 0 Å². The lowest BCUT2D eigenvalue weighted by atomic mass is 10.2. The van der Waals surface area contributed by atoms with Crippen molar-refractivity contribution >= 4 is 33.0 Å². The Labute approximate surface area is 122 Å². The zero-order valence-corrected chi connectivity index (χ0v) is 11.9. The summed E-state index contributed by atoms with van der Waals surface area (Å²) in [7, 11) is -3.73. The molecule has 0 bridgehead atoms. The molecule has 0 aliphatic rings. The summed E-state index contributed by atoms with van der Waals surface area (Å²) >= 11 is 5.77. The molecule has 4 nitrogen and oxygen atoms in total. The highest BCUT2D eigenvalue weighted by Gasteiger charge is 2.15. The molecule has 0 amide bonds. The molecule has 2 rings (SSSR count). The molecule has 0 aliphatic heterocycles. The Morgan fingerprint density at radius 2 is 1.95 bits per heavy atom. The number of sulfonamides is 1. The zero-order valence-electron chi connectivity index (χ0n) is 10.3. The Balaban J connectivity index is 2.35. The smallest absolute Gasteiger partial charge is 0.261 e. The number of rotatable bonds is 3. The first-order valence-electron chi connectivity index (χ1n) is 5.57. The molecule has 102 valence electrons. The van der Waals surface area contributed by atoms with Crippen LogP contribution in [0.1, 0.15) is 5.56 Å². The normalized spacial score (nSPS) is 10.8. The van der Waals surface area contributed by atoms with Crippen LogP contribution in [0.3, 0.4) is 0 Å². The van der Waals surface area contributed by atoms with Gasteiger partial charge < -0.3 is 5.73 Å². The second-order valence-electron chi connectivity index (χ2n) is 4.01. The van der Waals surface area contributed by atoms with Gasteiger partial charge in [0.15, 0.2) is 0 Å². The average molecular weight is 307 g/mol. The number of hydrogen-bond donors (Lipinski definition) is 2. The highest BCUT2D eigenvalue weighted by Crippen LogP contribution is 2.24. The van der Waals surface area contributed by atoms with Gasteiger partial charge in [0.05, 0.1) is 21.3 Å². The molecule has 0 heterocycles. The Kier molecular flexibility index (Phi) is 3.89. The number of anilines is 2. The maximum absolute atomic E-state index is 12.2. The fraction of sp³-hybridized carbons (Fsp3) is 0. The molecule has 2 aromatic carbocycles. The SMILES string of the molecule is C#Cc1cccc(NS(=O)(=O)c2ccc(Cl)c(N)c2)c1. The van der Waals surface area contributed by atoms with E-state index < -0.39 is 10.0 Å². The lowest BCUT2D eigenvalue weighted by molar-refractivity contribution is 0.601. The van der Waals surface area contributed by atoms with Gasteiger partial charge in [-0.1, -0.05) is 23.6 Å². The molecule has 0 aliphatic carbocycles. The van der Waals surface area contributed by atoms with Gasteiger partial charge in [-0.25, -0.2) is 8.42 Å². The number of halogens is 1. The zero-order chi connectivity index (χ0) is 14.8. The van der Waals surface area contributed by atoms with E-state index in [1.165, 1.54) is 18.2 Å². The van der Waals surface area contributed by atoms with Crippen LogP contribution in [0.15, 0.2) is 47.4 Å². The van der Waals surface area contributed by atoms with Crippen molar-refractivity contribution < 1.29 is 8.42 Å². The predicted octanol–water partition coefficient (Wildman–Crippen LogP) is 2.70. The van der Waals surface area contributed by atoms with Crippen molar-refractivity contribution in [3.8, 4) is 12.3 Å². The van der Waals surface area contributed by atoms with Gasteiger partial charge in [0, 0.05) is 5.56 Å². The number of nitrogens with one attached hydrogen (secondary N) is 1. The third-order valence-electron chi connectivity index (χ3n) is 2.56. The molecule has 6 heteroatoms. The Hall–Kier alpha value is -2.16. The summed E-state index contributed by atoms with van der Waals surface area (Å²) < 4.78 is 26.8. The minimum absolute atomic E-state index is 0.0329. The lowest BCUT2D eigenvalue weighted by Crippen LogP contribution is -2.13. The van der Waals surface area contributed by atoms with Crippen LogP contribution in [0.4, 0.5) is 11.4 Å². The van der Waals surface area contributed by atoms with Crippen molar-refractivity contribution in [2.45, 2.75) is 4.90 Å². The van der Waals surface area contributed by atoms with Crippen LogP contribution in [0, 0.1) is 12.3 Å². The molecule has 0 fully saturated rings. The van der Waals surface area contributed by atoms with Gasteiger partial charge >= 0.3 is 0 Å². The second kappa shape index (κ2) is 5.45. The van der Waals surface area contributed by atoms with E-state index in [9.17, 15) is 8.42 Å². The summed E-state index contributed by atoms with van der Waals surface area (Å²) in [6.07, 6.45) is 5.27. The topological polar surface area (TPSA) is 72.2 Å². The minimum atomic E-state index is -3.73. The van der Waals surface area contributed by atoms with Crippen LogP contribution in [-0.4, -0.2) is 8.42 Å². The fourth-order valence-corrected chi connectivity index (χ4v) is 2.78. The summed E-state index contributed by atoms with van der Waals surface area (Å²) in [5.41, 5.74) is 6.77. The van der Waals surface area contributed by atoms with E-state index >= 15 is 0 Å². The molecule has 0 saturated carbocycles. The number of nitrogen functional groups attached to an aromatic ring is 1. The summed E-state index contributed by atoms with van der Waals surface area (Å²) in [6.45, 7) is 0. The summed E-state index contributed by atoms with van der Waals surface area (Å²) in [4.78, 5) is 0.0329. The van der Waals surface area contributed by atoms with Crippen molar-refractivity contribution in [2.24, 2.45) is 0 Å². The Bertz CT molecular complexity index is 795. The van der Waals surface area contributed by atoms with Gasteiger partial charge in [0.25, 0.3) is 10.0 Å². The third kappa shape index (κ3) is 3.05. The average Bonchev–Trinajstić information content (AvgIpc) is 2.41. The molecule has 0 aromatic heterocycles. The van der Waals surface area contributed by atoms with Crippen molar-refractivity contribution in [3.05, 3.63) is 53.1 Å². The van der Waals surface area contributed by atoms with Gasteiger partial charge in [0.1, 0.15) is 0 Å². The van der Waals surface area contributed by atoms with Gasteiger partial charge in [-0.15, -0.1) is 6.42 Å². The van der Waals surface area contributed by atoms with E-state index in [-0.39, 0.29) is 10.6 Å². The Morgan fingerprint density at radius 3 is 2.60 bits per heavy atom. The van der Waals surface area contributed by atoms with E-state index in [0.717, 1.165) is 0 Å². The fourth-order valence-electron chi connectivity index (χ4n) is 1.58. The van der Waals surface area contributed by atoms with Crippen LogP contribution in [0.2, 0.25) is 5.02 Å². The maximum Gasteiger partial charge on any atom is 0.261 e. The van der Waals surface area contributed by atoms with E-state index in [1.54, 1.807) is 24.3 Å². The van der Waals surface area contributed by atoms with E-state index in [2.05, 4.69) is 10.6 Å². The lowest BCUT2D eigenvalue weighted by Gasteiger charge is -2.09. The van der Waals surface area contributed by atoms with E-state index in [4.69, 9.17) is 23.8 Å². The number of terminal acetylenes is 1. The molecular formula is C14H11ClN2O2S. The monoisotopic (exact) mass is 306 g/mol. The van der Waals surface area contributed by atoms with Gasteiger partial charge in [0.2, 0.25) is 0 Å². The van der Waals surface area contributed by atoms with Gasteiger partial charge in [-0.05, 0) is 36.4 Å². The molecule has 0 spiro atoms. The molecule has 3 N–H and O–H groups in total. The molecular weight excluding hydrogens is 296 g/mol. The minimum Gasteiger partial charge on any atom is -0.397 e. The first kappa shape index (κ1) is 14.3. The van der Waals surface area contributed by atoms with E-state index in [0.29, 0.717) is 16.3 Å². The number of benzene rings is 2. The Morgan fingerprint density at radius 1 is 1.20 bits per heavy atom. The summed E-state index contributed by atoms with van der Waals surface area (Å²) in [5, 5.41) is 0.304. The van der Waals surface area contributed by atoms with Crippen LogP contribution >= 0.6 is 11.6 Å². The quantitative estimate of drug-likeness (QED) is 0.676. The predicted molar refractivity (Wildman–Crippen MR) is 81.0 cm³/mol. The van der Waals surface area contributed by atoms with Crippen molar-refractivity contribution in [1.82, 2.24) is 0 Å². The molecule has 0 atom stereocenters. The highest BCUT2D eigenvalue weighted by molar-refractivity contribution is 7.92. The van der Waals surface area contributed by atoms with Gasteiger partial charge in [-0.2, -0.15) is 0 Å². The second-order valence-corrected chi connectivity index (χ2v) is 6.10. The molecule has 0 unspecified atom stereocenters. The molecule has 0 radical (unpaired) electrons. The summed E-state index contributed by atoms with van der Waals surface area (Å²) in [5.74, 6) is 2.44. The van der Waals surface area contributed by atoms with Crippen LogP contribution < -0.4 is 10.5 Å². The van der Waals surface area contributed by atoms with Crippen LogP contribution in [-0.2, 0) is 10.0 Å². The van der Waals surface area contributed by atoms with Crippen LogP contribution in [0.25, 0.3) is 0 Å². The maximum atomic E-state index is 12.2. The molecule has 2 aromatic rings. The number of nitrogens with two attached hydrogens (primary N) is 1.